The number of hydrogen-bond acceptors (Lipinski definition) is 3. The van der Waals surface area contributed by atoms with Crippen LogP contribution in [0.5, 0.6) is 0 Å². The average molecular weight is 317 g/mol. The molecule has 3 nitrogen and oxygen atoms in total. The molecule has 0 aliphatic carbocycles. The van der Waals surface area contributed by atoms with Crippen molar-refractivity contribution >= 4 is 39.0 Å². The Kier molecular flexibility index (Phi) is 3.59. The highest BCUT2D eigenvalue weighted by Gasteiger charge is 2.06. The van der Waals surface area contributed by atoms with Crippen molar-refractivity contribution in [2.24, 2.45) is 0 Å². The molecule has 0 atom stereocenters. The molecule has 1 N–H and O–H groups in total. The second-order valence-electron chi connectivity index (χ2n) is 3.42. The van der Waals surface area contributed by atoms with E-state index >= 15 is 0 Å². The molecule has 1 heterocycles. The molecule has 0 radical (unpaired) electrons. The third kappa shape index (κ3) is 2.92. The van der Waals surface area contributed by atoms with E-state index in [1.54, 1.807) is 25.3 Å². The number of rotatable bonds is 2. The molecule has 2 rings (SSSR count). The van der Waals surface area contributed by atoms with Gasteiger partial charge in [-0.1, -0.05) is 0 Å². The molecular formula is C11H8BrClFN3. The Balaban J connectivity index is 2.33. The predicted molar refractivity (Wildman–Crippen MR) is 69.2 cm³/mol. The molecule has 0 bridgehead atoms. The summed E-state index contributed by atoms with van der Waals surface area (Å²) in [7, 11) is 0. The molecule has 6 heteroatoms. The van der Waals surface area contributed by atoms with Gasteiger partial charge in [0, 0.05) is 11.9 Å². The van der Waals surface area contributed by atoms with Gasteiger partial charge < -0.3 is 5.32 Å². The molecule has 0 saturated carbocycles. The summed E-state index contributed by atoms with van der Waals surface area (Å²) in [4.78, 5) is 7.78. The van der Waals surface area contributed by atoms with E-state index in [4.69, 9.17) is 11.6 Å². The molecule has 0 amide bonds. The van der Waals surface area contributed by atoms with Crippen molar-refractivity contribution in [3.05, 3.63) is 45.5 Å². The topological polar surface area (TPSA) is 37.8 Å². The Labute approximate surface area is 111 Å². The number of halogens is 3. The van der Waals surface area contributed by atoms with Crippen molar-refractivity contribution < 1.29 is 4.39 Å². The fraction of sp³-hybridized carbons (Fsp3) is 0.0909. The first-order chi connectivity index (χ1) is 8.06. The molecule has 1 aromatic heterocycles. The van der Waals surface area contributed by atoms with E-state index in [0.717, 1.165) is 11.3 Å². The molecular weight excluding hydrogens is 308 g/mol. The van der Waals surface area contributed by atoms with Crippen LogP contribution in [0.25, 0.3) is 0 Å². The predicted octanol–water partition coefficient (Wildman–Crippen LogP) is 4.08. The van der Waals surface area contributed by atoms with Crippen LogP contribution >= 0.6 is 27.5 Å². The molecule has 0 spiro atoms. The van der Waals surface area contributed by atoms with Crippen LogP contribution in [-0.2, 0) is 0 Å². The summed E-state index contributed by atoms with van der Waals surface area (Å²) < 4.78 is 13.6. The molecule has 1 aromatic carbocycles. The summed E-state index contributed by atoms with van der Waals surface area (Å²) in [6.45, 7) is 1.81. The SMILES string of the molecule is Cc1cc(F)c(Br)cc1Nc1ccnc(Cl)n1. The molecule has 0 aliphatic rings. The minimum atomic E-state index is -0.297. The Bertz CT molecular complexity index is 562. The van der Waals surface area contributed by atoms with E-state index in [1.807, 2.05) is 0 Å². The van der Waals surface area contributed by atoms with E-state index in [1.165, 1.54) is 6.07 Å². The summed E-state index contributed by atoms with van der Waals surface area (Å²) in [6, 6.07) is 4.78. The van der Waals surface area contributed by atoms with Crippen LogP contribution in [0.1, 0.15) is 5.56 Å². The van der Waals surface area contributed by atoms with E-state index in [2.05, 4.69) is 31.2 Å². The molecule has 0 saturated heterocycles. The maximum atomic E-state index is 13.2. The van der Waals surface area contributed by atoms with Gasteiger partial charge in [-0.3, -0.25) is 0 Å². The van der Waals surface area contributed by atoms with Gasteiger partial charge in [0.1, 0.15) is 11.6 Å². The van der Waals surface area contributed by atoms with Crippen LogP contribution in [0.15, 0.2) is 28.9 Å². The number of anilines is 2. The van der Waals surface area contributed by atoms with Crippen molar-refractivity contribution in [2.75, 3.05) is 5.32 Å². The van der Waals surface area contributed by atoms with Gasteiger partial charge in [-0.05, 0) is 58.2 Å². The van der Waals surface area contributed by atoms with E-state index in [9.17, 15) is 4.39 Å². The highest BCUT2D eigenvalue weighted by Crippen LogP contribution is 2.26. The Morgan fingerprint density at radius 3 is 2.88 bits per heavy atom. The molecule has 0 unspecified atom stereocenters. The van der Waals surface area contributed by atoms with Crippen LogP contribution < -0.4 is 5.32 Å². The largest absolute Gasteiger partial charge is 0.340 e. The van der Waals surface area contributed by atoms with E-state index in [-0.39, 0.29) is 11.1 Å². The molecule has 0 aliphatic heterocycles. The maximum Gasteiger partial charge on any atom is 0.224 e. The minimum Gasteiger partial charge on any atom is -0.340 e. The maximum absolute atomic E-state index is 13.2. The zero-order valence-electron chi connectivity index (χ0n) is 8.84. The second-order valence-corrected chi connectivity index (χ2v) is 4.61. The number of aromatic nitrogens is 2. The Morgan fingerprint density at radius 1 is 1.41 bits per heavy atom. The van der Waals surface area contributed by atoms with Gasteiger partial charge in [-0.15, -0.1) is 0 Å². The van der Waals surface area contributed by atoms with E-state index in [0.29, 0.717) is 10.3 Å². The van der Waals surface area contributed by atoms with Crippen molar-refractivity contribution in [2.45, 2.75) is 6.92 Å². The third-order valence-corrected chi connectivity index (χ3v) is 2.95. The van der Waals surface area contributed by atoms with Crippen LogP contribution in [0.3, 0.4) is 0 Å². The number of aryl methyl sites for hydroxylation is 1. The summed E-state index contributed by atoms with van der Waals surface area (Å²) in [6.07, 6.45) is 1.55. The first-order valence-electron chi connectivity index (χ1n) is 4.77. The first kappa shape index (κ1) is 12.3. The van der Waals surface area contributed by atoms with Crippen LogP contribution in [0, 0.1) is 12.7 Å². The zero-order valence-corrected chi connectivity index (χ0v) is 11.2. The van der Waals surface area contributed by atoms with Gasteiger partial charge in [0.2, 0.25) is 5.28 Å². The first-order valence-corrected chi connectivity index (χ1v) is 5.94. The molecule has 0 fully saturated rings. The number of nitrogens with one attached hydrogen (secondary N) is 1. The normalized spacial score (nSPS) is 10.4. The van der Waals surface area contributed by atoms with Crippen LogP contribution in [-0.4, -0.2) is 9.97 Å². The second kappa shape index (κ2) is 4.98. The lowest BCUT2D eigenvalue weighted by atomic mass is 10.2. The lowest BCUT2D eigenvalue weighted by Gasteiger charge is -2.09. The average Bonchev–Trinajstić information content (AvgIpc) is 2.26. The van der Waals surface area contributed by atoms with Gasteiger partial charge in [0.15, 0.2) is 0 Å². The smallest absolute Gasteiger partial charge is 0.224 e. The van der Waals surface area contributed by atoms with Gasteiger partial charge in [-0.2, -0.15) is 0 Å². The van der Waals surface area contributed by atoms with Gasteiger partial charge in [0.25, 0.3) is 0 Å². The molecule has 88 valence electrons. The number of nitrogens with zero attached hydrogens (tertiary/aromatic N) is 2. The van der Waals surface area contributed by atoms with Crippen molar-refractivity contribution in [1.29, 1.82) is 0 Å². The van der Waals surface area contributed by atoms with Crippen molar-refractivity contribution in [3.63, 3.8) is 0 Å². The highest BCUT2D eigenvalue weighted by atomic mass is 79.9. The Hall–Kier alpha value is -1.20. The summed E-state index contributed by atoms with van der Waals surface area (Å²) >= 11 is 8.81. The van der Waals surface area contributed by atoms with E-state index < -0.39 is 0 Å². The molecule has 2 aromatic rings. The Morgan fingerprint density at radius 2 is 2.18 bits per heavy atom. The zero-order chi connectivity index (χ0) is 12.4. The third-order valence-electron chi connectivity index (χ3n) is 2.16. The fourth-order valence-electron chi connectivity index (χ4n) is 1.32. The van der Waals surface area contributed by atoms with Crippen LogP contribution in [0.4, 0.5) is 15.9 Å². The highest BCUT2D eigenvalue weighted by molar-refractivity contribution is 9.10. The summed E-state index contributed by atoms with van der Waals surface area (Å²) in [5, 5.41) is 3.21. The standard InChI is InChI=1S/C11H8BrClFN3/c1-6-4-8(14)7(12)5-9(6)16-10-2-3-15-11(13)17-10/h2-5H,1H3,(H,15,16,17). The summed E-state index contributed by atoms with van der Waals surface area (Å²) in [5.41, 5.74) is 1.54. The molecule has 17 heavy (non-hydrogen) atoms. The van der Waals surface area contributed by atoms with Crippen molar-refractivity contribution in [3.8, 4) is 0 Å². The number of benzene rings is 1. The minimum absolute atomic E-state index is 0.161. The quantitative estimate of drug-likeness (QED) is 0.848. The van der Waals surface area contributed by atoms with Crippen LogP contribution in [0.2, 0.25) is 5.28 Å². The monoisotopic (exact) mass is 315 g/mol. The van der Waals surface area contributed by atoms with Gasteiger partial charge >= 0.3 is 0 Å². The summed E-state index contributed by atoms with van der Waals surface area (Å²) in [5.74, 6) is 0.264. The van der Waals surface area contributed by atoms with Gasteiger partial charge in [-0.25, -0.2) is 14.4 Å². The van der Waals surface area contributed by atoms with Crippen molar-refractivity contribution in [1.82, 2.24) is 9.97 Å². The lowest BCUT2D eigenvalue weighted by Crippen LogP contribution is -1.97. The fourth-order valence-corrected chi connectivity index (χ4v) is 1.81. The lowest BCUT2D eigenvalue weighted by molar-refractivity contribution is 0.620. The van der Waals surface area contributed by atoms with Gasteiger partial charge in [0.05, 0.1) is 4.47 Å². The number of hydrogen-bond donors (Lipinski definition) is 1.